The number of nitrogens with one attached hydrogen (secondary N) is 1. The van der Waals surface area contributed by atoms with Crippen LogP contribution in [0.2, 0.25) is 0 Å². The van der Waals surface area contributed by atoms with E-state index >= 15 is 0 Å². The standard InChI is InChI=1S/C23H26N4O2S/c1-17(7-8-18-5-3-2-4-6-18)25-22(28)20-16-30-23(26-20)19-9-10-24-21(15-19)27-11-13-29-14-12-27/h2-6,9-10,15-17H,7-8,11-14H2,1H3,(H,25,28). The number of rotatable bonds is 7. The molecule has 0 saturated carbocycles. The number of pyridine rings is 1. The van der Waals surface area contributed by atoms with Crippen LogP contribution in [0.1, 0.15) is 29.4 Å². The van der Waals surface area contributed by atoms with Crippen LogP contribution in [-0.4, -0.2) is 48.2 Å². The molecular formula is C23H26N4O2S. The summed E-state index contributed by atoms with van der Waals surface area (Å²) in [4.78, 5) is 23.9. The van der Waals surface area contributed by atoms with Crippen LogP contribution in [0.15, 0.2) is 54.0 Å². The summed E-state index contributed by atoms with van der Waals surface area (Å²) in [6, 6.07) is 14.4. The van der Waals surface area contributed by atoms with Crippen molar-refractivity contribution in [2.75, 3.05) is 31.2 Å². The Morgan fingerprint density at radius 1 is 1.23 bits per heavy atom. The van der Waals surface area contributed by atoms with E-state index in [1.165, 1.54) is 16.9 Å². The minimum absolute atomic E-state index is 0.0803. The van der Waals surface area contributed by atoms with E-state index in [1.54, 1.807) is 6.20 Å². The van der Waals surface area contributed by atoms with Crippen LogP contribution in [0.3, 0.4) is 0 Å². The monoisotopic (exact) mass is 422 g/mol. The van der Waals surface area contributed by atoms with Crippen molar-refractivity contribution < 1.29 is 9.53 Å². The molecule has 6 nitrogen and oxygen atoms in total. The van der Waals surface area contributed by atoms with Gasteiger partial charge in [0.15, 0.2) is 0 Å². The van der Waals surface area contributed by atoms with E-state index in [1.807, 2.05) is 42.6 Å². The fourth-order valence-corrected chi connectivity index (χ4v) is 4.22. The molecule has 0 spiro atoms. The molecule has 1 unspecified atom stereocenters. The predicted octanol–water partition coefficient (Wildman–Crippen LogP) is 3.79. The second-order valence-electron chi connectivity index (χ2n) is 7.44. The van der Waals surface area contributed by atoms with Crippen molar-refractivity contribution in [1.29, 1.82) is 0 Å². The van der Waals surface area contributed by atoms with Crippen molar-refractivity contribution in [2.45, 2.75) is 25.8 Å². The Labute approximate surface area is 180 Å². The Hall–Kier alpha value is -2.77. The van der Waals surface area contributed by atoms with E-state index in [4.69, 9.17) is 4.74 Å². The van der Waals surface area contributed by atoms with Gasteiger partial charge in [0.05, 0.1) is 13.2 Å². The van der Waals surface area contributed by atoms with Gasteiger partial charge in [-0.3, -0.25) is 4.79 Å². The number of morpholine rings is 1. The van der Waals surface area contributed by atoms with Gasteiger partial charge in [-0.15, -0.1) is 11.3 Å². The number of carbonyl (C=O) groups is 1. The van der Waals surface area contributed by atoms with Crippen LogP contribution < -0.4 is 10.2 Å². The number of anilines is 1. The van der Waals surface area contributed by atoms with E-state index in [2.05, 4.69) is 32.3 Å². The summed E-state index contributed by atoms with van der Waals surface area (Å²) in [7, 11) is 0. The first-order valence-electron chi connectivity index (χ1n) is 10.3. The number of ether oxygens (including phenoxy) is 1. The van der Waals surface area contributed by atoms with E-state index in [0.29, 0.717) is 5.69 Å². The summed E-state index contributed by atoms with van der Waals surface area (Å²) < 4.78 is 5.42. The van der Waals surface area contributed by atoms with Crippen LogP contribution in [0.5, 0.6) is 0 Å². The van der Waals surface area contributed by atoms with Gasteiger partial charge < -0.3 is 15.0 Å². The molecule has 1 aliphatic rings. The van der Waals surface area contributed by atoms with Gasteiger partial charge in [-0.1, -0.05) is 30.3 Å². The molecular weight excluding hydrogens is 396 g/mol. The number of thiazole rings is 1. The highest BCUT2D eigenvalue weighted by Gasteiger charge is 2.16. The maximum Gasteiger partial charge on any atom is 0.270 e. The van der Waals surface area contributed by atoms with Crippen molar-refractivity contribution in [2.24, 2.45) is 0 Å². The van der Waals surface area contributed by atoms with E-state index in [-0.39, 0.29) is 11.9 Å². The number of nitrogens with zero attached hydrogens (tertiary/aromatic N) is 3. The highest BCUT2D eigenvalue weighted by atomic mass is 32.1. The van der Waals surface area contributed by atoms with Crippen molar-refractivity contribution in [3.05, 3.63) is 65.3 Å². The maximum absolute atomic E-state index is 12.6. The number of carbonyl (C=O) groups excluding carboxylic acids is 1. The number of hydrogen-bond donors (Lipinski definition) is 1. The summed E-state index contributed by atoms with van der Waals surface area (Å²) in [5.74, 6) is 0.798. The lowest BCUT2D eigenvalue weighted by atomic mass is 10.1. The third-order valence-corrected chi connectivity index (χ3v) is 6.04. The molecule has 1 fully saturated rings. The van der Waals surface area contributed by atoms with Crippen LogP contribution in [0.4, 0.5) is 5.82 Å². The Morgan fingerprint density at radius 2 is 2.03 bits per heavy atom. The smallest absolute Gasteiger partial charge is 0.270 e. The highest BCUT2D eigenvalue weighted by molar-refractivity contribution is 7.13. The van der Waals surface area contributed by atoms with Gasteiger partial charge in [0.1, 0.15) is 16.5 Å². The topological polar surface area (TPSA) is 67.4 Å². The Kier molecular flexibility index (Phi) is 6.71. The largest absolute Gasteiger partial charge is 0.378 e. The fourth-order valence-electron chi connectivity index (χ4n) is 3.43. The highest BCUT2D eigenvalue weighted by Crippen LogP contribution is 2.26. The molecule has 1 N–H and O–H groups in total. The molecule has 0 radical (unpaired) electrons. The molecule has 7 heteroatoms. The summed E-state index contributed by atoms with van der Waals surface area (Å²) in [5.41, 5.74) is 2.72. The lowest BCUT2D eigenvalue weighted by Crippen LogP contribution is -2.36. The second-order valence-corrected chi connectivity index (χ2v) is 8.30. The summed E-state index contributed by atoms with van der Waals surface area (Å²) in [6.07, 6.45) is 3.62. The van der Waals surface area contributed by atoms with Gasteiger partial charge in [0.2, 0.25) is 0 Å². The van der Waals surface area contributed by atoms with Gasteiger partial charge in [0.25, 0.3) is 5.91 Å². The molecule has 30 heavy (non-hydrogen) atoms. The number of aryl methyl sites for hydroxylation is 1. The zero-order valence-electron chi connectivity index (χ0n) is 17.1. The fraction of sp³-hybridized carbons (Fsp3) is 0.348. The average molecular weight is 423 g/mol. The van der Waals surface area contributed by atoms with Gasteiger partial charge in [-0.25, -0.2) is 9.97 Å². The van der Waals surface area contributed by atoms with Crippen LogP contribution in [0.25, 0.3) is 10.6 Å². The molecule has 1 atom stereocenters. The third-order valence-electron chi connectivity index (χ3n) is 5.15. The van der Waals surface area contributed by atoms with Crippen molar-refractivity contribution in [3.63, 3.8) is 0 Å². The second kappa shape index (κ2) is 9.82. The third kappa shape index (κ3) is 5.23. The first-order valence-corrected chi connectivity index (χ1v) is 11.2. The quantitative estimate of drug-likeness (QED) is 0.627. The maximum atomic E-state index is 12.6. The zero-order valence-corrected chi connectivity index (χ0v) is 17.9. The molecule has 1 saturated heterocycles. The Balaban J connectivity index is 1.37. The number of hydrogen-bond acceptors (Lipinski definition) is 6. The molecule has 2 aromatic heterocycles. The van der Waals surface area contributed by atoms with Gasteiger partial charge >= 0.3 is 0 Å². The average Bonchev–Trinajstić information content (AvgIpc) is 3.30. The Morgan fingerprint density at radius 3 is 2.83 bits per heavy atom. The number of benzene rings is 1. The summed E-state index contributed by atoms with van der Waals surface area (Å²) >= 11 is 1.48. The van der Waals surface area contributed by atoms with E-state index in [0.717, 1.165) is 55.5 Å². The molecule has 156 valence electrons. The van der Waals surface area contributed by atoms with Crippen molar-refractivity contribution >= 4 is 23.1 Å². The van der Waals surface area contributed by atoms with E-state index in [9.17, 15) is 4.79 Å². The number of aromatic nitrogens is 2. The van der Waals surface area contributed by atoms with E-state index < -0.39 is 0 Å². The van der Waals surface area contributed by atoms with Gasteiger partial charge in [0, 0.05) is 36.3 Å². The van der Waals surface area contributed by atoms with Crippen LogP contribution >= 0.6 is 11.3 Å². The molecule has 4 rings (SSSR count). The van der Waals surface area contributed by atoms with Crippen molar-refractivity contribution in [1.82, 2.24) is 15.3 Å². The first kappa shape index (κ1) is 20.5. The van der Waals surface area contributed by atoms with Crippen LogP contribution in [-0.2, 0) is 11.2 Å². The van der Waals surface area contributed by atoms with Crippen LogP contribution in [0, 0.1) is 0 Å². The molecule has 1 aromatic carbocycles. The lowest BCUT2D eigenvalue weighted by Gasteiger charge is -2.27. The lowest BCUT2D eigenvalue weighted by molar-refractivity contribution is 0.0934. The minimum atomic E-state index is -0.125. The molecule has 1 amide bonds. The van der Waals surface area contributed by atoms with Crippen molar-refractivity contribution in [3.8, 4) is 10.6 Å². The molecule has 3 heterocycles. The SMILES string of the molecule is CC(CCc1ccccc1)NC(=O)c1csc(-c2ccnc(N3CCOCC3)c2)n1. The summed E-state index contributed by atoms with van der Waals surface area (Å²) in [5, 5.41) is 5.72. The minimum Gasteiger partial charge on any atom is -0.378 e. The molecule has 0 aliphatic carbocycles. The molecule has 0 bridgehead atoms. The predicted molar refractivity (Wildman–Crippen MR) is 120 cm³/mol. The zero-order chi connectivity index (χ0) is 20.8. The Bertz CT molecular complexity index is 970. The summed E-state index contributed by atoms with van der Waals surface area (Å²) in [6.45, 7) is 5.14. The van der Waals surface area contributed by atoms with Gasteiger partial charge in [-0.05, 0) is 37.5 Å². The van der Waals surface area contributed by atoms with Gasteiger partial charge in [-0.2, -0.15) is 0 Å². The first-order chi connectivity index (χ1) is 14.7. The molecule has 1 aliphatic heterocycles. The number of amides is 1. The molecule has 3 aromatic rings. The normalized spacial score (nSPS) is 15.0.